The van der Waals surface area contributed by atoms with Crippen LogP contribution >= 0.6 is 0 Å². The van der Waals surface area contributed by atoms with Crippen molar-refractivity contribution in [1.82, 2.24) is 0 Å². The van der Waals surface area contributed by atoms with E-state index in [0.717, 1.165) is 0 Å². The van der Waals surface area contributed by atoms with E-state index < -0.39 is 48.7 Å². The Hall–Kier alpha value is -1.62. The molecule has 0 aromatic heterocycles. The van der Waals surface area contributed by atoms with Crippen molar-refractivity contribution in [2.24, 2.45) is 0 Å². The Balaban J connectivity index is -0.000000295. The molecule has 0 saturated carbocycles. The molecule has 0 spiro atoms. The molecule has 0 fully saturated rings. The van der Waals surface area contributed by atoms with Crippen LogP contribution in [0.4, 0.5) is 26.3 Å². The molecule has 0 saturated heterocycles. The fourth-order valence-electron chi connectivity index (χ4n) is 0.396. The van der Waals surface area contributed by atoms with Gasteiger partial charge >= 0.3 is 28.9 Å². The van der Waals surface area contributed by atoms with Crippen molar-refractivity contribution >= 4 is 23.5 Å². The zero-order valence-corrected chi connectivity index (χ0v) is 10.6. The van der Waals surface area contributed by atoms with Crippen LogP contribution in [-0.4, -0.2) is 48.7 Å². The van der Waals surface area contributed by atoms with Crippen molar-refractivity contribution in [1.29, 1.82) is 0 Å². The van der Waals surface area contributed by atoms with Crippen LogP contribution in [0.3, 0.4) is 0 Å². The first-order valence-corrected chi connectivity index (χ1v) is 4.22. The van der Waals surface area contributed by atoms with E-state index in [4.69, 9.17) is 0 Å². The standard InChI is InChI=1S/2C4H3F3O3.Fe/c2*5-1-2(8)4(6,7)3(9)10;/h2*1H2,(H,9,10);/q;;+2/p-2. The zero-order valence-electron chi connectivity index (χ0n) is 9.49. The summed E-state index contributed by atoms with van der Waals surface area (Å²) >= 11 is 0. The van der Waals surface area contributed by atoms with Crippen molar-refractivity contribution in [3.63, 3.8) is 0 Å². The molecule has 6 nitrogen and oxygen atoms in total. The Morgan fingerprint density at radius 2 is 0.905 bits per heavy atom. The molecule has 0 rings (SSSR count). The first kappa shape index (κ1) is 24.4. The summed E-state index contributed by atoms with van der Waals surface area (Å²) in [7, 11) is 0. The Kier molecular flexibility index (Phi) is 10.9. The molecule has 0 unspecified atom stereocenters. The quantitative estimate of drug-likeness (QED) is 0.300. The van der Waals surface area contributed by atoms with E-state index in [9.17, 15) is 55.7 Å². The number of carbonyl (C=O) groups excluding carboxylic acids is 4. The SMILES string of the molecule is O=C([O-])C(F)(F)C(=O)CF.O=C([O-])C(F)(F)C(=O)CF.[Fe+2]. The second-order valence-corrected chi connectivity index (χ2v) is 2.84. The molecule has 0 N–H and O–H groups in total. The fraction of sp³-hybridized carbons (Fsp3) is 0.500. The molecular formula is C8H4F6FeO6. The van der Waals surface area contributed by atoms with E-state index in [2.05, 4.69) is 0 Å². The number of aliphatic carboxylic acids is 2. The maximum absolute atomic E-state index is 11.7. The third-order valence-corrected chi connectivity index (χ3v) is 1.46. The van der Waals surface area contributed by atoms with Gasteiger partial charge < -0.3 is 19.8 Å². The molecule has 0 aliphatic carbocycles. The summed E-state index contributed by atoms with van der Waals surface area (Å²) in [4.78, 5) is 38.2. The van der Waals surface area contributed by atoms with E-state index in [1.165, 1.54) is 0 Å². The number of halogens is 6. The van der Waals surface area contributed by atoms with Gasteiger partial charge in [0, 0.05) is 0 Å². The average Bonchev–Trinajstić information content (AvgIpc) is 2.36. The molecule has 13 heteroatoms. The summed E-state index contributed by atoms with van der Waals surface area (Å²) in [6.45, 7) is -4.03. The summed E-state index contributed by atoms with van der Waals surface area (Å²) < 4.78 is 69.0. The number of Topliss-reactive ketones (excluding diaryl/α,β-unsaturated/α-hetero) is 2. The topological polar surface area (TPSA) is 114 Å². The summed E-state index contributed by atoms with van der Waals surface area (Å²) in [5, 5.41) is 18.7. The van der Waals surface area contributed by atoms with Crippen molar-refractivity contribution in [2.45, 2.75) is 11.8 Å². The van der Waals surface area contributed by atoms with Gasteiger partial charge in [-0.25, -0.2) is 8.78 Å². The zero-order chi connectivity index (χ0) is 16.7. The molecule has 0 atom stereocenters. The molecular weight excluding hydrogens is 362 g/mol. The normalized spacial score (nSPS) is 10.6. The minimum absolute atomic E-state index is 0. The summed E-state index contributed by atoms with van der Waals surface area (Å²) in [5.41, 5.74) is 0. The molecule has 0 heterocycles. The largest absolute Gasteiger partial charge is 2.00 e. The Morgan fingerprint density at radius 1 is 0.714 bits per heavy atom. The minimum Gasteiger partial charge on any atom is -0.544 e. The Labute approximate surface area is 122 Å². The van der Waals surface area contributed by atoms with Crippen LogP contribution in [0.15, 0.2) is 0 Å². The molecule has 0 aromatic carbocycles. The van der Waals surface area contributed by atoms with Crippen LogP contribution < -0.4 is 10.2 Å². The molecule has 0 bridgehead atoms. The van der Waals surface area contributed by atoms with E-state index in [1.807, 2.05) is 0 Å². The summed E-state index contributed by atoms with van der Waals surface area (Å²) in [5.74, 6) is -19.8. The molecule has 0 amide bonds. The van der Waals surface area contributed by atoms with Gasteiger partial charge in [0.25, 0.3) is 0 Å². The predicted molar refractivity (Wildman–Crippen MR) is 41.9 cm³/mol. The van der Waals surface area contributed by atoms with Crippen LogP contribution in [0, 0.1) is 0 Å². The first-order valence-electron chi connectivity index (χ1n) is 4.22. The Bertz CT molecular complexity index is 374. The maximum atomic E-state index is 11.7. The molecule has 0 aliphatic rings. The van der Waals surface area contributed by atoms with E-state index in [0.29, 0.717) is 0 Å². The molecule has 0 radical (unpaired) electrons. The van der Waals surface area contributed by atoms with E-state index in [1.54, 1.807) is 0 Å². The molecule has 21 heavy (non-hydrogen) atoms. The van der Waals surface area contributed by atoms with Gasteiger partial charge in [-0.3, -0.25) is 9.59 Å². The van der Waals surface area contributed by atoms with Gasteiger partial charge in [0.1, 0.15) is 11.9 Å². The second kappa shape index (κ2) is 9.34. The number of carboxylic acid groups (broad SMARTS) is 2. The van der Waals surface area contributed by atoms with Crippen LogP contribution in [0.2, 0.25) is 0 Å². The van der Waals surface area contributed by atoms with Gasteiger partial charge in [0.15, 0.2) is 13.3 Å². The van der Waals surface area contributed by atoms with Crippen molar-refractivity contribution < 1.29 is 72.8 Å². The first-order chi connectivity index (χ1) is 8.85. The van der Waals surface area contributed by atoms with Gasteiger partial charge in [-0.1, -0.05) is 0 Å². The van der Waals surface area contributed by atoms with Crippen LogP contribution in [0.5, 0.6) is 0 Å². The summed E-state index contributed by atoms with van der Waals surface area (Å²) in [6.07, 6.45) is 0. The van der Waals surface area contributed by atoms with Gasteiger partial charge in [0.05, 0.1) is 0 Å². The van der Waals surface area contributed by atoms with Crippen LogP contribution in [0.25, 0.3) is 0 Å². The van der Waals surface area contributed by atoms with Gasteiger partial charge in [-0.05, 0) is 0 Å². The number of carbonyl (C=O) groups is 4. The van der Waals surface area contributed by atoms with E-state index >= 15 is 0 Å². The van der Waals surface area contributed by atoms with Crippen LogP contribution in [0.1, 0.15) is 0 Å². The molecule has 0 aromatic rings. The Morgan fingerprint density at radius 3 is 0.952 bits per heavy atom. The van der Waals surface area contributed by atoms with Crippen molar-refractivity contribution in [2.75, 3.05) is 13.3 Å². The van der Waals surface area contributed by atoms with E-state index in [-0.39, 0.29) is 17.1 Å². The number of hydrogen-bond donors (Lipinski definition) is 0. The smallest absolute Gasteiger partial charge is 0.544 e. The van der Waals surface area contributed by atoms with Crippen molar-refractivity contribution in [3.05, 3.63) is 0 Å². The third kappa shape index (κ3) is 7.09. The third-order valence-electron chi connectivity index (χ3n) is 1.46. The number of rotatable bonds is 6. The fourth-order valence-corrected chi connectivity index (χ4v) is 0.396. The minimum atomic E-state index is -4.70. The van der Waals surface area contributed by atoms with Crippen molar-refractivity contribution in [3.8, 4) is 0 Å². The maximum Gasteiger partial charge on any atom is 2.00 e. The number of hydrogen-bond acceptors (Lipinski definition) is 6. The van der Waals surface area contributed by atoms with Gasteiger partial charge in [-0.15, -0.1) is 0 Å². The number of ketones is 2. The van der Waals surface area contributed by atoms with Crippen LogP contribution in [-0.2, 0) is 36.2 Å². The molecule has 122 valence electrons. The monoisotopic (exact) mass is 366 g/mol. The summed E-state index contributed by atoms with van der Waals surface area (Å²) in [6, 6.07) is 0. The number of alkyl halides is 6. The number of carboxylic acids is 2. The second-order valence-electron chi connectivity index (χ2n) is 2.84. The van der Waals surface area contributed by atoms with Gasteiger partial charge in [0.2, 0.25) is 11.6 Å². The average molecular weight is 366 g/mol. The predicted octanol–water partition coefficient (Wildman–Crippen LogP) is -2.18. The van der Waals surface area contributed by atoms with Gasteiger partial charge in [-0.2, -0.15) is 17.6 Å². The molecule has 0 aliphatic heterocycles.